The van der Waals surface area contributed by atoms with Gasteiger partial charge in [0, 0.05) is 6.07 Å². The number of methoxy groups -OCH3 is 1. The first-order chi connectivity index (χ1) is 12.3. The molecule has 8 heteroatoms. The number of carbonyl (C=O) groups excluding carboxylic acids is 2. The number of rotatable bonds is 6. The average Bonchev–Trinajstić information content (AvgIpc) is 2.61. The van der Waals surface area contributed by atoms with Crippen LogP contribution in [0, 0.1) is 24.0 Å². The number of esters is 1. The predicted octanol–water partition coefficient (Wildman–Crippen LogP) is 3.02. The first kappa shape index (κ1) is 18.9. The number of nitro benzene ring substituents is 1. The normalized spacial score (nSPS) is 10.1. The molecule has 0 aromatic heterocycles. The van der Waals surface area contributed by atoms with Crippen molar-refractivity contribution in [2.45, 2.75) is 13.8 Å². The third-order valence-corrected chi connectivity index (χ3v) is 3.69. The van der Waals surface area contributed by atoms with Crippen LogP contribution in [-0.2, 0) is 9.53 Å². The van der Waals surface area contributed by atoms with Crippen LogP contribution < -0.4 is 10.1 Å². The molecule has 8 nitrogen and oxygen atoms in total. The van der Waals surface area contributed by atoms with Crippen molar-refractivity contribution >= 4 is 23.3 Å². The molecule has 1 amide bonds. The standard InChI is InChI=1S/C18H18N2O6/c1-11-7-8-13(9-15(11)25-3)18(22)26-10-16(21)19-17-12(2)5-4-6-14(17)20(23)24/h4-9H,10H2,1-3H3,(H,19,21). The molecule has 0 aliphatic rings. The van der Waals surface area contributed by atoms with E-state index in [2.05, 4.69) is 5.32 Å². The molecule has 136 valence electrons. The zero-order valence-electron chi connectivity index (χ0n) is 14.6. The van der Waals surface area contributed by atoms with Gasteiger partial charge >= 0.3 is 5.97 Å². The molecule has 0 spiro atoms. The number of nitro groups is 1. The SMILES string of the molecule is COc1cc(C(=O)OCC(=O)Nc2c(C)cccc2[N+](=O)[O-])ccc1C. The van der Waals surface area contributed by atoms with Gasteiger partial charge in [0.05, 0.1) is 17.6 Å². The molecule has 0 heterocycles. The smallest absolute Gasteiger partial charge is 0.338 e. The molecule has 0 saturated heterocycles. The Morgan fingerprint density at radius 3 is 2.54 bits per heavy atom. The Balaban J connectivity index is 2.04. The van der Waals surface area contributed by atoms with Gasteiger partial charge in [0.25, 0.3) is 11.6 Å². The summed E-state index contributed by atoms with van der Waals surface area (Å²) in [4.78, 5) is 34.5. The topological polar surface area (TPSA) is 108 Å². The molecule has 26 heavy (non-hydrogen) atoms. The van der Waals surface area contributed by atoms with Crippen molar-refractivity contribution in [3.8, 4) is 5.75 Å². The summed E-state index contributed by atoms with van der Waals surface area (Å²) >= 11 is 0. The fraction of sp³-hybridized carbons (Fsp3) is 0.222. The number of amides is 1. The van der Waals surface area contributed by atoms with Gasteiger partial charge in [0.15, 0.2) is 6.61 Å². The maximum Gasteiger partial charge on any atom is 0.338 e. The molecule has 0 unspecified atom stereocenters. The Labute approximate surface area is 149 Å². The van der Waals surface area contributed by atoms with E-state index in [0.29, 0.717) is 11.3 Å². The summed E-state index contributed by atoms with van der Waals surface area (Å²) in [6, 6.07) is 9.21. The van der Waals surface area contributed by atoms with Crippen LogP contribution in [0.4, 0.5) is 11.4 Å². The van der Waals surface area contributed by atoms with E-state index in [0.717, 1.165) is 5.56 Å². The molecule has 0 fully saturated rings. The predicted molar refractivity (Wildman–Crippen MR) is 94.5 cm³/mol. The number of carbonyl (C=O) groups is 2. The van der Waals surface area contributed by atoms with Gasteiger partial charge in [-0.3, -0.25) is 14.9 Å². The van der Waals surface area contributed by atoms with Gasteiger partial charge in [-0.2, -0.15) is 0 Å². The maximum absolute atomic E-state index is 12.1. The van der Waals surface area contributed by atoms with E-state index in [1.54, 1.807) is 25.1 Å². The highest BCUT2D eigenvalue weighted by atomic mass is 16.6. The molecule has 0 bridgehead atoms. The van der Waals surface area contributed by atoms with Crippen LogP contribution in [0.3, 0.4) is 0 Å². The minimum atomic E-state index is -0.697. The van der Waals surface area contributed by atoms with E-state index < -0.39 is 23.4 Å². The van der Waals surface area contributed by atoms with Crippen LogP contribution >= 0.6 is 0 Å². The van der Waals surface area contributed by atoms with Gasteiger partial charge in [0.1, 0.15) is 11.4 Å². The highest BCUT2D eigenvalue weighted by Gasteiger charge is 2.19. The largest absolute Gasteiger partial charge is 0.496 e. The van der Waals surface area contributed by atoms with Gasteiger partial charge in [-0.15, -0.1) is 0 Å². The summed E-state index contributed by atoms with van der Waals surface area (Å²) < 4.78 is 10.1. The monoisotopic (exact) mass is 358 g/mol. The van der Waals surface area contributed by atoms with E-state index >= 15 is 0 Å². The summed E-state index contributed by atoms with van der Waals surface area (Å²) in [5.74, 6) is -0.841. The highest BCUT2D eigenvalue weighted by Crippen LogP contribution is 2.27. The van der Waals surface area contributed by atoms with E-state index in [-0.39, 0.29) is 16.9 Å². The van der Waals surface area contributed by atoms with Crippen molar-refractivity contribution in [2.24, 2.45) is 0 Å². The van der Waals surface area contributed by atoms with E-state index in [1.165, 1.54) is 25.3 Å². The Kier molecular flexibility index (Phi) is 5.90. The van der Waals surface area contributed by atoms with Crippen molar-refractivity contribution < 1.29 is 24.0 Å². The Morgan fingerprint density at radius 2 is 1.88 bits per heavy atom. The molecule has 0 saturated carbocycles. The number of para-hydroxylation sites is 1. The summed E-state index contributed by atoms with van der Waals surface area (Å²) in [7, 11) is 1.49. The summed E-state index contributed by atoms with van der Waals surface area (Å²) in [5.41, 5.74) is 1.47. The van der Waals surface area contributed by atoms with Crippen LogP contribution in [-0.4, -0.2) is 30.5 Å². The molecule has 1 N–H and O–H groups in total. The second kappa shape index (κ2) is 8.11. The number of hydrogen-bond acceptors (Lipinski definition) is 6. The number of hydrogen-bond donors (Lipinski definition) is 1. The van der Waals surface area contributed by atoms with Gasteiger partial charge in [-0.05, 0) is 37.1 Å². The first-order valence-electron chi connectivity index (χ1n) is 7.69. The molecule has 2 rings (SSSR count). The molecular weight excluding hydrogens is 340 g/mol. The average molecular weight is 358 g/mol. The lowest BCUT2D eigenvalue weighted by atomic mass is 10.1. The summed E-state index contributed by atoms with van der Waals surface area (Å²) in [6.45, 7) is 2.89. The molecule has 0 atom stereocenters. The van der Waals surface area contributed by atoms with Crippen molar-refractivity contribution in [3.05, 3.63) is 63.2 Å². The van der Waals surface area contributed by atoms with Crippen molar-refractivity contribution in [1.82, 2.24) is 0 Å². The third-order valence-electron chi connectivity index (χ3n) is 3.69. The third kappa shape index (κ3) is 4.35. The minimum Gasteiger partial charge on any atom is -0.496 e. The Hall–Kier alpha value is -3.42. The Bertz CT molecular complexity index is 863. The fourth-order valence-electron chi connectivity index (χ4n) is 2.30. The molecule has 2 aromatic rings. The zero-order valence-corrected chi connectivity index (χ0v) is 14.6. The summed E-state index contributed by atoms with van der Waals surface area (Å²) in [5, 5.41) is 13.5. The zero-order chi connectivity index (χ0) is 19.3. The second-order valence-corrected chi connectivity index (χ2v) is 5.53. The fourth-order valence-corrected chi connectivity index (χ4v) is 2.30. The van der Waals surface area contributed by atoms with Crippen molar-refractivity contribution in [1.29, 1.82) is 0 Å². The van der Waals surface area contributed by atoms with Crippen LogP contribution in [0.1, 0.15) is 21.5 Å². The number of anilines is 1. The minimum absolute atomic E-state index is 0.0792. The van der Waals surface area contributed by atoms with E-state index in [4.69, 9.17) is 9.47 Å². The van der Waals surface area contributed by atoms with Gasteiger partial charge in [-0.1, -0.05) is 18.2 Å². The lowest BCUT2D eigenvalue weighted by Gasteiger charge is -2.10. The second-order valence-electron chi connectivity index (χ2n) is 5.53. The quantitative estimate of drug-likeness (QED) is 0.483. The van der Waals surface area contributed by atoms with Crippen molar-refractivity contribution in [3.63, 3.8) is 0 Å². The van der Waals surface area contributed by atoms with Crippen molar-refractivity contribution in [2.75, 3.05) is 19.0 Å². The molecular formula is C18H18N2O6. The van der Waals surface area contributed by atoms with Crippen LogP contribution in [0.2, 0.25) is 0 Å². The number of nitrogens with one attached hydrogen (secondary N) is 1. The molecule has 0 aliphatic carbocycles. The van der Waals surface area contributed by atoms with Gasteiger partial charge in [0.2, 0.25) is 0 Å². The lowest BCUT2D eigenvalue weighted by molar-refractivity contribution is -0.384. The number of nitrogens with zero attached hydrogens (tertiary/aromatic N) is 1. The van der Waals surface area contributed by atoms with Gasteiger partial charge < -0.3 is 14.8 Å². The van der Waals surface area contributed by atoms with E-state index in [9.17, 15) is 19.7 Å². The van der Waals surface area contributed by atoms with Crippen LogP contribution in [0.25, 0.3) is 0 Å². The first-order valence-corrected chi connectivity index (χ1v) is 7.69. The Morgan fingerprint density at radius 1 is 1.15 bits per heavy atom. The molecule has 0 radical (unpaired) electrons. The molecule has 0 aliphatic heterocycles. The number of benzene rings is 2. The number of ether oxygens (including phenoxy) is 2. The summed E-state index contributed by atoms with van der Waals surface area (Å²) in [6.07, 6.45) is 0. The lowest BCUT2D eigenvalue weighted by Crippen LogP contribution is -2.22. The molecule has 2 aromatic carbocycles. The van der Waals surface area contributed by atoms with Crippen LogP contribution in [0.5, 0.6) is 5.75 Å². The van der Waals surface area contributed by atoms with E-state index in [1.807, 2.05) is 6.92 Å². The van der Waals surface area contributed by atoms with Crippen LogP contribution in [0.15, 0.2) is 36.4 Å². The number of aryl methyl sites for hydroxylation is 2. The maximum atomic E-state index is 12.1. The highest BCUT2D eigenvalue weighted by molar-refractivity contribution is 5.97. The van der Waals surface area contributed by atoms with Gasteiger partial charge in [-0.25, -0.2) is 4.79 Å².